The Bertz CT molecular complexity index is 732. The SMILES string of the molecule is COc1cc(C)c2c(c1)C1C(N2)c2ccccc2C1(C)C. The summed E-state index contributed by atoms with van der Waals surface area (Å²) in [4.78, 5) is 0. The minimum Gasteiger partial charge on any atom is -0.497 e. The molecule has 4 rings (SSSR count). The Morgan fingerprint density at radius 1 is 1.10 bits per heavy atom. The van der Waals surface area contributed by atoms with Crippen LogP contribution in [0.4, 0.5) is 5.69 Å². The molecule has 0 aromatic heterocycles. The van der Waals surface area contributed by atoms with Gasteiger partial charge in [-0.05, 0) is 46.7 Å². The van der Waals surface area contributed by atoms with E-state index >= 15 is 0 Å². The van der Waals surface area contributed by atoms with Crippen molar-refractivity contribution in [3.8, 4) is 5.75 Å². The van der Waals surface area contributed by atoms with Crippen molar-refractivity contribution < 1.29 is 4.74 Å². The standard InChI is InChI=1S/C19H21NO/c1-11-9-12(21-4)10-14-16-18(20-17(11)14)13-7-5-6-8-15(13)19(16,2)3/h5-10,16,18,20H,1-4H3. The fourth-order valence-corrected chi connectivity index (χ4v) is 4.34. The average Bonchev–Trinajstić information content (AvgIpc) is 2.96. The van der Waals surface area contributed by atoms with Gasteiger partial charge in [0.05, 0.1) is 13.2 Å². The van der Waals surface area contributed by atoms with E-state index in [0.717, 1.165) is 5.75 Å². The van der Waals surface area contributed by atoms with Crippen molar-refractivity contribution in [2.45, 2.75) is 38.1 Å². The van der Waals surface area contributed by atoms with Crippen LogP contribution in [0.5, 0.6) is 5.75 Å². The van der Waals surface area contributed by atoms with E-state index in [-0.39, 0.29) is 5.41 Å². The van der Waals surface area contributed by atoms with Gasteiger partial charge < -0.3 is 10.1 Å². The van der Waals surface area contributed by atoms with Gasteiger partial charge in [-0.2, -0.15) is 0 Å². The molecule has 21 heavy (non-hydrogen) atoms. The van der Waals surface area contributed by atoms with Crippen molar-refractivity contribution in [2.75, 3.05) is 12.4 Å². The van der Waals surface area contributed by atoms with Gasteiger partial charge in [-0.3, -0.25) is 0 Å². The molecular formula is C19H21NO. The lowest BCUT2D eigenvalue weighted by molar-refractivity contribution is 0.408. The van der Waals surface area contributed by atoms with E-state index in [1.165, 1.54) is 27.9 Å². The van der Waals surface area contributed by atoms with Crippen LogP contribution < -0.4 is 10.1 Å². The third kappa shape index (κ3) is 1.53. The summed E-state index contributed by atoms with van der Waals surface area (Å²) in [6.45, 7) is 6.89. The van der Waals surface area contributed by atoms with Crippen LogP contribution in [0, 0.1) is 6.92 Å². The molecule has 0 saturated heterocycles. The Labute approximate surface area is 126 Å². The normalized spacial score (nSPS) is 24.0. The van der Waals surface area contributed by atoms with Gasteiger partial charge in [0.2, 0.25) is 0 Å². The van der Waals surface area contributed by atoms with Gasteiger partial charge in [0, 0.05) is 11.6 Å². The molecule has 0 fully saturated rings. The first kappa shape index (κ1) is 12.8. The van der Waals surface area contributed by atoms with Gasteiger partial charge in [-0.25, -0.2) is 0 Å². The molecule has 0 saturated carbocycles. The largest absolute Gasteiger partial charge is 0.497 e. The molecule has 1 N–H and O–H groups in total. The number of benzene rings is 2. The third-order valence-electron chi connectivity index (χ3n) is 5.31. The quantitative estimate of drug-likeness (QED) is 0.827. The predicted molar refractivity (Wildman–Crippen MR) is 86.3 cm³/mol. The lowest BCUT2D eigenvalue weighted by Gasteiger charge is -2.28. The molecule has 0 spiro atoms. The van der Waals surface area contributed by atoms with E-state index in [1.54, 1.807) is 7.11 Å². The maximum atomic E-state index is 5.49. The van der Waals surface area contributed by atoms with Crippen molar-refractivity contribution in [3.05, 3.63) is 58.7 Å². The molecule has 2 aromatic rings. The fourth-order valence-electron chi connectivity index (χ4n) is 4.34. The lowest BCUT2D eigenvalue weighted by atomic mass is 9.75. The lowest BCUT2D eigenvalue weighted by Crippen LogP contribution is -2.22. The minimum absolute atomic E-state index is 0.137. The van der Waals surface area contributed by atoms with Gasteiger partial charge in [-0.1, -0.05) is 38.1 Å². The fraction of sp³-hybridized carbons (Fsp3) is 0.368. The Balaban J connectivity index is 1.94. The van der Waals surface area contributed by atoms with Crippen molar-refractivity contribution in [1.82, 2.24) is 0 Å². The van der Waals surface area contributed by atoms with E-state index in [9.17, 15) is 0 Å². The molecule has 2 aromatic carbocycles. The molecule has 0 bridgehead atoms. The molecule has 108 valence electrons. The highest BCUT2D eigenvalue weighted by Crippen LogP contribution is 2.61. The number of rotatable bonds is 1. The Morgan fingerprint density at radius 3 is 2.62 bits per heavy atom. The number of hydrogen-bond donors (Lipinski definition) is 1. The summed E-state index contributed by atoms with van der Waals surface area (Å²) < 4.78 is 5.49. The number of anilines is 1. The van der Waals surface area contributed by atoms with Crippen LogP contribution in [0.15, 0.2) is 36.4 Å². The molecule has 2 aliphatic rings. The number of ether oxygens (including phenoxy) is 1. The van der Waals surface area contributed by atoms with Crippen LogP contribution in [-0.2, 0) is 5.41 Å². The average molecular weight is 279 g/mol. The number of aryl methyl sites for hydroxylation is 1. The van der Waals surface area contributed by atoms with Crippen LogP contribution in [0.1, 0.15) is 48.1 Å². The van der Waals surface area contributed by atoms with Crippen LogP contribution >= 0.6 is 0 Å². The van der Waals surface area contributed by atoms with E-state index in [4.69, 9.17) is 4.74 Å². The first-order valence-electron chi connectivity index (χ1n) is 7.58. The molecule has 0 amide bonds. The van der Waals surface area contributed by atoms with Crippen molar-refractivity contribution in [2.24, 2.45) is 0 Å². The van der Waals surface area contributed by atoms with Gasteiger partial charge in [0.1, 0.15) is 5.75 Å². The van der Waals surface area contributed by atoms with Crippen molar-refractivity contribution in [3.63, 3.8) is 0 Å². The maximum Gasteiger partial charge on any atom is 0.119 e. The van der Waals surface area contributed by atoms with Crippen LogP contribution in [-0.4, -0.2) is 7.11 Å². The monoisotopic (exact) mass is 279 g/mol. The zero-order valence-corrected chi connectivity index (χ0v) is 13.0. The van der Waals surface area contributed by atoms with E-state index in [2.05, 4.69) is 62.5 Å². The van der Waals surface area contributed by atoms with Crippen LogP contribution in [0.2, 0.25) is 0 Å². The molecular weight excluding hydrogens is 258 g/mol. The summed E-state index contributed by atoms with van der Waals surface area (Å²) in [7, 11) is 1.75. The first-order chi connectivity index (χ1) is 10.0. The number of nitrogens with one attached hydrogen (secondary N) is 1. The van der Waals surface area contributed by atoms with Gasteiger partial charge in [0.25, 0.3) is 0 Å². The maximum absolute atomic E-state index is 5.49. The summed E-state index contributed by atoms with van der Waals surface area (Å²) in [6, 6.07) is 13.6. The van der Waals surface area contributed by atoms with Crippen LogP contribution in [0.25, 0.3) is 0 Å². The van der Waals surface area contributed by atoms with E-state index in [1.807, 2.05) is 0 Å². The topological polar surface area (TPSA) is 21.3 Å². The molecule has 2 heteroatoms. The second kappa shape index (κ2) is 4.03. The highest BCUT2D eigenvalue weighted by molar-refractivity contribution is 5.71. The summed E-state index contributed by atoms with van der Waals surface area (Å²) >= 11 is 0. The summed E-state index contributed by atoms with van der Waals surface area (Å²) in [5, 5.41) is 3.77. The van der Waals surface area contributed by atoms with Crippen LogP contribution in [0.3, 0.4) is 0 Å². The zero-order valence-electron chi connectivity index (χ0n) is 13.0. The highest BCUT2D eigenvalue weighted by Gasteiger charge is 2.51. The van der Waals surface area contributed by atoms with E-state index in [0.29, 0.717) is 12.0 Å². The smallest absolute Gasteiger partial charge is 0.119 e. The third-order valence-corrected chi connectivity index (χ3v) is 5.31. The van der Waals surface area contributed by atoms with E-state index < -0.39 is 0 Å². The number of hydrogen-bond acceptors (Lipinski definition) is 2. The van der Waals surface area contributed by atoms with Gasteiger partial charge in [-0.15, -0.1) is 0 Å². The summed E-state index contributed by atoms with van der Waals surface area (Å²) in [5.41, 5.74) is 7.03. The highest BCUT2D eigenvalue weighted by atomic mass is 16.5. The second-order valence-electron chi connectivity index (χ2n) is 6.82. The molecule has 1 aliphatic carbocycles. The molecule has 2 nitrogen and oxygen atoms in total. The summed E-state index contributed by atoms with van der Waals surface area (Å²) in [5.74, 6) is 1.43. The molecule has 0 radical (unpaired) electrons. The molecule has 1 aliphatic heterocycles. The molecule has 2 unspecified atom stereocenters. The molecule has 2 atom stereocenters. The summed E-state index contributed by atoms with van der Waals surface area (Å²) in [6.07, 6.45) is 0. The molecule has 1 heterocycles. The Morgan fingerprint density at radius 2 is 1.86 bits per heavy atom. The zero-order chi connectivity index (χ0) is 14.8. The minimum atomic E-state index is 0.137. The number of methoxy groups -OCH3 is 1. The van der Waals surface area contributed by atoms with Crippen molar-refractivity contribution in [1.29, 1.82) is 0 Å². The van der Waals surface area contributed by atoms with Gasteiger partial charge >= 0.3 is 0 Å². The second-order valence-corrected chi connectivity index (χ2v) is 6.82. The van der Waals surface area contributed by atoms with Crippen molar-refractivity contribution >= 4 is 5.69 Å². The van der Waals surface area contributed by atoms with Gasteiger partial charge in [0.15, 0.2) is 0 Å². The number of fused-ring (bicyclic) bond motifs is 5. The Hall–Kier alpha value is -1.96. The predicted octanol–water partition coefficient (Wildman–Crippen LogP) is 4.55. The first-order valence-corrected chi connectivity index (χ1v) is 7.58. The Kier molecular flexibility index (Phi) is 2.45.